The van der Waals surface area contributed by atoms with Crippen molar-refractivity contribution in [1.29, 1.82) is 0 Å². The van der Waals surface area contributed by atoms with Gasteiger partial charge >= 0.3 is 0 Å². The molecule has 1 aromatic rings. The van der Waals surface area contributed by atoms with E-state index in [1.807, 2.05) is 0 Å². The standard InChI is InChI=1S/C11H17N3O2/c1-8(2)11(4-5-12-7-11)10(15)13-9-3-6-16-14-9/h3,6,8,12H,4-5,7H2,1-2H3,(H,13,14,15). The molecule has 1 aliphatic heterocycles. The highest BCUT2D eigenvalue weighted by Crippen LogP contribution is 2.35. The molecule has 0 spiro atoms. The third-order valence-electron chi connectivity index (χ3n) is 3.43. The summed E-state index contributed by atoms with van der Waals surface area (Å²) >= 11 is 0. The van der Waals surface area contributed by atoms with Crippen LogP contribution >= 0.6 is 0 Å². The van der Waals surface area contributed by atoms with Crippen LogP contribution in [0.3, 0.4) is 0 Å². The fourth-order valence-corrected chi connectivity index (χ4v) is 2.18. The lowest BCUT2D eigenvalue weighted by Crippen LogP contribution is -2.42. The molecule has 1 aliphatic rings. The van der Waals surface area contributed by atoms with Gasteiger partial charge < -0.3 is 15.2 Å². The number of amides is 1. The van der Waals surface area contributed by atoms with Crippen LogP contribution < -0.4 is 10.6 Å². The molecule has 5 nitrogen and oxygen atoms in total. The molecule has 0 bridgehead atoms. The van der Waals surface area contributed by atoms with E-state index in [0.29, 0.717) is 11.7 Å². The summed E-state index contributed by atoms with van der Waals surface area (Å²) in [6, 6.07) is 1.65. The van der Waals surface area contributed by atoms with Crippen LogP contribution in [0.1, 0.15) is 20.3 Å². The molecule has 0 aliphatic carbocycles. The summed E-state index contributed by atoms with van der Waals surface area (Å²) in [7, 11) is 0. The van der Waals surface area contributed by atoms with Crippen LogP contribution in [0.15, 0.2) is 16.9 Å². The maximum absolute atomic E-state index is 12.2. The molecule has 2 heterocycles. The minimum absolute atomic E-state index is 0.0291. The molecule has 2 rings (SSSR count). The predicted molar refractivity (Wildman–Crippen MR) is 59.9 cm³/mol. The number of carbonyl (C=O) groups is 1. The lowest BCUT2D eigenvalue weighted by atomic mass is 9.75. The summed E-state index contributed by atoms with van der Waals surface area (Å²) in [4.78, 5) is 12.2. The van der Waals surface area contributed by atoms with Gasteiger partial charge in [0.15, 0.2) is 5.82 Å². The fourth-order valence-electron chi connectivity index (χ4n) is 2.18. The van der Waals surface area contributed by atoms with Crippen LogP contribution in [0.4, 0.5) is 5.82 Å². The molecule has 1 fully saturated rings. The second-order valence-electron chi connectivity index (χ2n) is 4.58. The lowest BCUT2D eigenvalue weighted by molar-refractivity contribution is -0.126. The Balaban J connectivity index is 2.12. The highest BCUT2D eigenvalue weighted by Gasteiger charge is 2.44. The first-order chi connectivity index (χ1) is 7.65. The summed E-state index contributed by atoms with van der Waals surface area (Å²) in [6.07, 6.45) is 2.32. The Morgan fingerprint density at radius 2 is 2.50 bits per heavy atom. The zero-order valence-electron chi connectivity index (χ0n) is 9.62. The molecule has 16 heavy (non-hydrogen) atoms. The van der Waals surface area contributed by atoms with Gasteiger partial charge in [0.2, 0.25) is 5.91 Å². The second kappa shape index (κ2) is 4.25. The molecule has 2 N–H and O–H groups in total. The monoisotopic (exact) mass is 223 g/mol. The summed E-state index contributed by atoms with van der Waals surface area (Å²) in [5.41, 5.74) is -0.320. The van der Waals surface area contributed by atoms with Crippen molar-refractivity contribution in [3.05, 3.63) is 12.3 Å². The first kappa shape index (κ1) is 11.1. The lowest BCUT2D eigenvalue weighted by Gasteiger charge is -2.30. The van der Waals surface area contributed by atoms with Gasteiger partial charge in [-0.05, 0) is 18.9 Å². The van der Waals surface area contributed by atoms with E-state index in [-0.39, 0.29) is 11.3 Å². The highest BCUT2D eigenvalue weighted by molar-refractivity contribution is 5.95. The zero-order chi connectivity index (χ0) is 11.6. The van der Waals surface area contributed by atoms with E-state index in [1.54, 1.807) is 6.07 Å². The maximum Gasteiger partial charge on any atom is 0.233 e. The third kappa shape index (κ3) is 1.82. The van der Waals surface area contributed by atoms with E-state index in [1.165, 1.54) is 6.26 Å². The minimum atomic E-state index is -0.320. The Kier molecular flexibility index (Phi) is 2.96. The number of anilines is 1. The van der Waals surface area contributed by atoms with E-state index < -0.39 is 0 Å². The molecule has 1 amide bonds. The van der Waals surface area contributed by atoms with Crippen LogP contribution in [0, 0.1) is 11.3 Å². The predicted octanol–water partition coefficient (Wildman–Crippen LogP) is 1.25. The largest absolute Gasteiger partial charge is 0.363 e. The van der Waals surface area contributed by atoms with Crippen LogP contribution in [-0.2, 0) is 4.79 Å². The van der Waals surface area contributed by atoms with Gasteiger partial charge in [0.05, 0.1) is 5.41 Å². The van der Waals surface area contributed by atoms with Crippen molar-refractivity contribution in [2.75, 3.05) is 18.4 Å². The van der Waals surface area contributed by atoms with E-state index in [4.69, 9.17) is 4.52 Å². The van der Waals surface area contributed by atoms with Gasteiger partial charge in [-0.25, -0.2) is 0 Å². The summed E-state index contributed by atoms with van der Waals surface area (Å²) in [6.45, 7) is 5.78. The van der Waals surface area contributed by atoms with Crippen molar-refractivity contribution in [3.8, 4) is 0 Å². The third-order valence-corrected chi connectivity index (χ3v) is 3.43. The SMILES string of the molecule is CC(C)C1(C(=O)Nc2ccon2)CCNC1. The summed E-state index contributed by atoms with van der Waals surface area (Å²) in [5, 5.41) is 9.74. The molecule has 1 saturated heterocycles. The molecule has 0 saturated carbocycles. The molecule has 5 heteroatoms. The minimum Gasteiger partial charge on any atom is -0.363 e. The smallest absolute Gasteiger partial charge is 0.233 e. The van der Waals surface area contributed by atoms with Crippen LogP contribution in [0.2, 0.25) is 0 Å². The van der Waals surface area contributed by atoms with E-state index in [0.717, 1.165) is 19.5 Å². The second-order valence-corrected chi connectivity index (χ2v) is 4.58. The van der Waals surface area contributed by atoms with Gasteiger partial charge in [0, 0.05) is 12.6 Å². The molecule has 88 valence electrons. The van der Waals surface area contributed by atoms with Crippen LogP contribution in [0.25, 0.3) is 0 Å². The van der Waals surface area contributed by atoms with Crippen molar-refractivity contribution in [2.24, 2.45) is 11.3 Å². The van der Waals surface area contributed by atoms with Crippen molar-refractivity contribution in [1.82, 2.24) is 10.5 Å². The molecule has 1 atom stereocenters. The Bertz CT molecular complexity index is 353. The molecule has 0 radical (unpaired) electrons. The van der Waals surface area contributed by atoms with Gasteiger partial charge in [-0.2, -0.15) is 0 Å². The first-order valence-corrected chi connectivity index (χ1v) is 5.58. The number of hydrogen-bond donors (Lipinski definition) is 2. The number of hydrogen-bond acceptors (Lipinski definition) is 4. The van der Waals surface area contributed by atoms with E-state index in [2.05, 4.69) is 29.6 Å². The molecule has 0 aromatic carbocycles. The molecule has 1 aromatic heterocycles. The first-order valence-electron chi connectivity index (χ1n) is 5.58. The Morgan fingerprint density at radius 3 is 3.00 bits per heavy atom. The average molecular weight is 223 g/mol. The van der Waals surface area contributed by atoms with Crippen molar-refractivity contribution >= 4 is 11.7 Å². The zero-order valence-corrected chi connectivity index (χ0v) is 9.62. The summed E-state index contributed by atoms with van der Waals surface area (Å²) in [5.74, 6) is 0.813. The maximum atomic E-state index is 12.2. The molecule has 1 unspecified atom stereocenters. The van der Waals surface area contributed by atoms with Gasteiger partial charge in [-0.3, -0.25) is 4.79 Å². The van der Waals surface area contributed by atoms with Crippen LogP contribution in [0.5, 0.6) is 0 Å². The quantitative estimate of drug-likeness (QED) is 0.809. The van der Waals surface area contributed by atoms with E-state index in [9.17, 15) is 4.79 Å². The number of aromatic nitrogens is 1. The van der Waals surface area contributed by atoms with Gasteiger partial charge in [-0.1, -0.05) is 19.0 Å². The van der Waals surface area contributed by atoms with Gasteiger partial charge in [0.25, 0.3) is 0 Å². The number of carbonyl (C=O) groups excluding carboxylic acids is 1. The average Bonchev–Trinajstić information content (AvgIpc) is 2.87. The van der Waals surface area contributed by atoms with Crippen molar-refractivity contribution in [2.45, 2.75) is 20.3 Å². The summed E-state index contributed by atoms with van der Waals surface area (Å²) < 4.78 is 4.69. The van der Waals surface area contributed by atoms with E-state index >= 15 is 0 Å². The number of nitrogens with zero attached hydrogens (tertiary/aromatic N) is 1. The Hall–Kier alpha value is -1.36. The van der Waals surface area contributed by atoms with Gasteiger partial charge in [0.1, 0.15) is 6.26 Å². The van der Waals surface area contributed by atoms with Crippen molar-refractivity contribution in [3.63, 3.8) is 0 Å². The number of rotatable bonds is 3. The Labute approximate surface area is 94.6 Å². The van der Waals surface area contributed by atoms with Crippen LogP contribution in [-0.4, -0.2) is 24.2 Å². The number of nitrogens with one attached hydrogen (secondary N) is 2. The fraction of sp³-hybridized carbons (Fsp3) is 0.636. The molecular formula is C11H17N3O2. The highest BCUT2D eigenvalue weighted by atomic mass is 16.5. The van der Waals surface area contributed by atoms with Gasteiger partial charge in [-0.15, -0.1) is 0 Å². The molecular weight excluding hydrogens is 206 g/mol. The topological polar surface area (TPSA) is 67.2 Å². The Morgan fingerprint density at radius 1 is 1.69 bits per heavy atom. The van der Waals surface area contributed by atoms with Crippen molar-refractivity contribution < 1.29 is 9.32 Å². The normalized spacial score (nSPS) is 24.9.